The molecule has 8 heterocycles. The lowest BCUT2D eigenvalue weighted by molar-refractivity contribution is -0.140. The first-order valence-electron chi connectivity index (χ1n) is 21.9. The van der Waals surface area contributed by atoms with Crippen LogP contribution in [0.25, 0.3) is 0 Å². The van der Waals surface area contributed by atoms with Crippen molar-refractivity contribution in [2.45, 2.75) is 102 Å². The summed E-state index contributed by atoms with van der Waals surface area (Å²) in [4.78, 5) is 21.1. The highest BCUT2D eigenvalue weighted by Crippen LogP contribution is 2.46. The summed E-state index contributed by atoms with van der Waals surface area (Å²) in [5.41, 5.74) is 14.4. The standard InChI is InChI=1S/C26H31ClN2O.C15H14ClN.C9H18N2/c1-26(2)23(19-11-14-28(26)15-12-19)17-24(30)29-16-13-18-5-3-4-6-22(18)25(29)20-7-9-21(27)10-8-20;16-13-7-5-12(6-8-13)15-14-4-2-1-3-11(14)9-10-17-15;1-9(2)8(10)7-3-5-11(9)6-4-7/h3-10,19,23,25H,11-17H2,1-2H3;1-8,15,17H,9-10H2;7-8H,3-6,10H2,1-2H3/t23-,25-;15-;8-/m000/s1. The fourth-order valence-electron chi connectivity index (χ4n) is 11.3. The topological polar surface area (TPSA) is 64.8 Å². The molecule has 6 saturated heterocycles. The van der Waals surface area contributed by atoms with E-state index in [4.69, 9.17) is 28.9 Å². The SMILES string of the molecule is CC1(C)[C@@H](CC(=O)N2CCc3ccccc3[C@@H]2c2ccc(Cl)cc2)C2CCN1CC2.CC1(C)[C@@H](N)C2CCN1CC2.Clc1ccc([C@@H]2NCCc3ccccc32)cc1. The summed E-state index contributed by atoms with van der Waals surface area (Å²) in [7, 11) is 0. The third kappa shape index (κ3) is 8.40. The minimum Gasteiger partial charge on any atom is -0.331 e. The summed E-state index contributed by atoms with van der Waals surface area (Å²) < 4.78 is 0. The summed E-state index contributed by atoms with van der Waals surface area (Å²) in [5, 5.41) is 5.09. The minimum atomic E-state index is -0.0242. The first-order chi connectivity index (χ1) is 27.9. The molecule has 3 N–H and O–H groups in total. The highest BCUT2D eigenvalue weighted by molar-refractivity contribution is 6.30. The molecule has 4 aromatic carbocycles. The van der Waals surface area contributed by atoms with E-state index in [2.05, 4.69) is 121 Å². The molecule has 0 aromatic heterocycles. The van der Waals surface area contributed by atoms with Crippen LogP contribution < -0.4 is 11.1 Å². The van der Waals surface area contributed by atoms with Gasteiger partial charge in [0.15, 0.2) is 0 Å². The smallest absolute Gasteiger partial charge is 0.223 e. The molecule has 6 fully saturated rings. The van der Waals surface area contributed by atoms with Crippen LogP contribution in [0.5, 0.6) is 0 Å². The number of amides is 1. The third-order valence-electron chi connectivity index (χ3n) is 15.0. The van der Waals surface area contributed by atoms with Crippen molar-refractivity contribution in [2.75, 3.05) is 39.3 Å². The van der Waals surface area contributed by atoms with Crippen molar-refractivity contribution in [1.82, 2.24) is 20.0 Å². The third-order valence-corrected chi connectivity index (χ3v) is 15.5. The number of piperidine rings is 6. The lowest BCUT2D eigenvalue weighted by atomic mass is 9.66. The number of hydrogen-bond donors (Lipinski definition) is 2. The highest BCUT2D eigenvalue weighted by Gasteiger charge is 2.49. The van der Waals surface area contributed by atoms with Gasteiger partial charge in [0.05, 0.1) is 12.1 Å². The Morgan fingerprint density at radius 1 is 0.655 bits per heavy atom. The Bertz CT molecular complexity index is 2010. The maximum Gasteiger partial charge on any atom is 0.223 e. The second kappa shape index (κ2) is 17.4. The molecule has 1 amide bonds. The summed E-state index contributed by atoms with van der Waals surface area (Å²) in [5.74, 6) is 2.22. The molecule has 0 saturated carbocycles. The maximum atomic E-state index is 13.8. The molecule has 0 radical (unpaired) electrons. The van der Waals surface area contributed by atoms with E-state index in [1.54, 1.807) is 0 Å². The lowest BCUT2D eigenvalue weighted by Gasteiger charge is -2.57. The van der Waals surface area contributed by atoms with Crippen molar-refractivity contribution in [3.8, 4) is 0 Å². The van der Waals surface area contributed by atoms with Crippen LogP contribution in [0.1, 0.15) is 105 Å². The number of rotatable bonds is 4. The van der Waals surface area contributed by atoms with Gasteiger partial charge in [-0.15, -0.1) is 0 Å². The molecule has 8 heteroatoms. The number of benzene rings is 4. The van der Waals surface area contributed by atoms with Crippen LogP contribution in [0.2, 0.25) is 10.0 Å². The number of nitrogens with zero attached hydrogens (tertiary/aromatic N) is 3. The molecule has 8 aliphatic rings. The molecule has 0 spiro atoms. The van der Waals surface area contributed by atoms with Crippen molar-refractivity contribution in [1.29, 1.82) is 0 Å². The lowest BCUT2D eigenvalue weighted by Crippen LogP contribution is -2.67. The van der Waals surface area contributed by atoms with Crippen molar-refractivity contribution < 1.29 is 4.79 Å². The van der Waals surface area contributed by atoms with E-state index in [1.165, 1.54) is 79.7 Å². The largest absolute Gasteiger partial charge is 0.331 e. The second-order valence-electron chi connectivity index (χ2n) is 18.7. The number of fused-ring (bicyclic) bond motifs is 8. The molecule has 4 aromatic rings. The predicted molar refractivity (Wildman–Crippen MR) is 239 cm³/mol. The van der Waals surface area contributed by atoms with Crippen LogP contribution in [0.15, 0.2) is 97.1 Å². The summed E-state index contributed by atoms with van der Waals surface area (Å²) >= 11 is 12.1. The van der Waals surface area contributed by atoms with Crippen LogP contribution in [-0.2, 0) is 17.6 Å². The Balaban J connectivity index is 0.000000140. The highest BCUT2D eigenvalue weighted by atomic mass is 35.5. The van der Waals surface area contributed by atoms with Crippen molar-refractivity contribution in [2.24, 2.45) is 23.5 Å². The van der Waals surface area contributed by atoms with Crippen LogP contribution in [-0.4, -0.2) is 77.0 Å². The first-order valence-corrected chi connectivity index (χ1v) is 22.6. The number of nitrogens with two attached hydrogens (primary N) is 1. The molecular formula is C50H63Cl2N5O. The number of carbonyl (C=O) groups excluding carboxylic acids is 1. The van der Waals surface area contributed by atoms with Gasteiger partial charge < -0.3 is 16.0 Å². The van der Waals surface area contributed by atoms with E-state index in [0.717, 1.165) is 47.5 Å². The Kier molecular flexibility index (Phi) is 12.4. The van der Waals surface area contributed by atoms with Crippen molar-refractivity contribution in [3.63, 3.8) is 0 Å². The van der Waals surface area contributed by atoms with Gasteiger partial charge in [-0.3, -0.25) is 14.6 Å². The zero-order chi connectivity index (χ0) is 40.6. The maximum absolute atomic E-state index is 13.8. The quantitative estimate of drug-likeness (QED) is 0.215. The van der Waals surface area contributed by atoms with Crippen LogP contribution in [0, 0.1) is 17.8 Å². The van der Waals surface area contributed by atoms with Gasteiger partial charge in [0, 0.05) is 46.7 Å². The van der Waals surface area contributed by atoms with Gasteiger partial charge >= 0.3 is 0 Å². The molecule has 8 aliphatic heterocycles. The van der Waals surface area contributed by atoms with E-state index in [-0.39, 0.29) is 17.1 Å². The molecule has 0 aliphatic carbocycles. The Morgan fingerprint density at radius 3 is 1.72 bits per heavy atom. The van der Waals surface area contributed by atoms with Crippen LogP contribution in [0.4, 0.5) is 0 Å². The van der Waals surface area contributed by atoms with Gasteiger partial charge in [0.25, 0.3) is 0 Å². The van der Waals surface area contributed by atoms with Crippen LogP contribution >= 0.6 is 23.2 Å². The Hall–Kier alpha value is -3.23. The Morgan fingerprint density at radius 2 is 1.17 bits per heavy atom. The number of nitrogens with one attached hydrogen (secondary N) is 1. The predicted octanol–water partition coefficient (Wildman–Crippen LogP) is 9.72. The van der Waals surface area contributed by atoms with Crippen molar-refractivity contribution in [3.05, 3.63) is 140 Å². The van der Waals surface area contributed by atoms with Crippen molar-refractivity contribution >= 4 is 29.1 Å². The second-order valence-corrected chi connectivity index (χ2v) is 19.5. The zero-order valence-corrected chi connectivity index (χ0v) is 36.5. The number of carbonyl (C=O) groups is 1. The molecule has 4 atom stereocenters. The van der Waals surface area contributed by atoms with Crippen LogP contribution in [0.3, 0.4) is 0 Å². The number of halogens is 2. The molecule has 6 nitrogen and oxygen atoms in total. The van der Waals surface area contributed by atoms with E-state index in [1.807, 2.05) is 24.3 Å². The summed E-state index contributed by atoms with van der Waals surface area (Å²) in [6.07, 6.45) is 7.82. The summed E-state index contributed by atoms with van der Waals surface area (Å²) in [6, 6.07) is 34.1. The molecule has 4 bridgehead atoms. The average molecular weight is 821 g/mol. The molecule has 12 rings (SSSR count). The monoisotopic (exact) mass is 819 g/mol. The van der Waals surface area contributed by atoms with Gasteiger partial charge in [-0.25, -0.2) is 0 Å². The average Bonchev–Trinajstić information content (AvgIpc) is 3.25. The van der Waals surface area contributed by atoms with Gasteiger partial charge in [-0.2, -0.15) is 0 Å². The van der Waals surface area contributed by atoms with E-state index in [9.17, 15) is 4.79 Å². The van der Waals surface area contributed by atoms with Gasteiger partial charge in [0.1, 0.15) is 0 Å². The van der Waals surface area contributed by atoms with E-state index in [0.29, 0.717) is 36.2 Å². The van der Waals surface area contributed by atoms with E-state index < -0.39 is 0 Å². The van der Waals surface area contributed by atoms with E-state index >= 15 is 0 Å². The fraction of sp³-hybridized carbons (Fsp3) is 0.500. The van der Waals surface area contributed by atoms with Gasteiger partial charge in [-0.05, 0) is 168 Å². The molecular weight excluding hydrogens is 757 g/mol. The zero-order valence-electron chi connectivity index (χ0n) is 35.0. The first kappa shape index (κ1) is 41.5. The molecule has 308 valence electrons. The fourth-order valence-corrected chi connectivity index (χ4v) is 11.6. The van der Waals surface area contributed by atoms with Gasteiger partial charge in [-0.1, -0.05) is 96.0 Å². The molecule has 58 heavy (non-hydrogen) atoms. The normalized spacial score (nSPS) is 29.8. The summed E-state index contributed by atoms with van der Waals surface area (Å²) in [6.45, 7) is 16.0. The minimum absolute atomic E-state index is 0.0242. The molecule has 0 unspecified atom stereocenters. The number of hydrogen-bond acceptors (Lipinski definition) is 5. The Labute approximate surface area is 357 Å². The van der Waals surface area contributed by atoms with Gasteiger partial charge in [0.2, 0.25) is 5.91 Å².